The standard InChI is InChI=1S/C24H44N4.4ClH/c1-2-4-6-10-26-16-22-28(23-17-26,24-18-26)12-8-7-11-27-19-13-25(14-20-27,15-21-27)9-5-3-1;;;;/h1-6,9-24H2;4*1H/q+4;;;;/p-4. The van der Waals surface area contributed by atoms with Crippen molar-refractivity contribution in [3.8, 4) is 11.8 Å². The molecule has 4 nitrogen and oxygen atoms in total. The lowest BCUT2D eigenvalue weighted by Crippen LogP contribution is -3.00. The van der Waals surface area contributed by atoms with Gasteiger partial charge in [0.2, 0.25) is 0 Å². The Morgan fingerprint density at radius 3 is 0.844 bits per heavy atom. The maximum Gasteiger partial charge on any atom is 0.141 e. The van der Waals surface area contributed by atoms with E-state index in [2.05, 4.69) is 11.8 Å². The molecule has 6 fully saturated rings. The highest BCUT2D eigenvalue weighted by Crippen LogP contribution is 2.29. The zero-order chi connectivity index (χ0) is 19.0. The van der Waals surface area contributed by atoms with E-state index in [-0.39, 0.29) is 49.6 Å². The Kier molecular flexibility index (Phi) is 11.9. The van der Waals surface area contributed by atoms with Gasteiger partial charge < -0.3 is 58.6 Å². The summed E-state index contributed by atoms with van der Waals surface area (Å²) in [6.45, 7) is 22.2. The van der Waals surface area contributed by atoms with Gasteiger partial charge in [-0.3, -0.25) is 8.97 Å². The van der Waals surface area contributed by atoms with E-state index in [0.717, 1.165) is 13.1 Å². The Morgan fingerprint density at radius 2 is 0.531 bits per heavy atom. The highest BCUT2D eigenvalue weighted by Gasteiger charge is 2.49. The number of piperazine rings is 6. The molecule has 0 N–H and O–H groups in total. The molecule has 0 spiro atoms. The van der Waals surface area contributed by atoms with Crippen molar-refractivity contribution >= 4 is 0 Å². The smallest absolute Gasteiger partial charge is 0.141 e. The molecule has 8 heteroatoms. The van der Waals surface area contributed by atoms with Crippen molar-refractivity contribution < 1.29 is 67.6 Å². The molecule has 15 aliphatic heterocycles. The highest BCUT2D eigenvalue weighted by molar-refractivity contribution is 5.00. The topological polar surface area (TPSA) is 0 Å². The van der Waals surface area contributed by atoms with Crippen LogP contribution in [-0.4, -0.2) is 123 Å². The number of hydrogen-bond donors (Lipinski definition) is 0. The fourth-order valence-electron chi connectivity index (χ4n) is 7.08. The first-order valence-electron chi connectivity index (χ1n) is 12.5. The second-order valence-corrected chi connectivity index (χ2v) is 11.3. The summed E-state index contributed by atoms with van der Waals surface area (Å²) >= 11 is 0. The number of hydrogen-bond acceptors (Lipinski definition) is 0. The minimum Gasteiger partial charge on any atom is -1.00 e. The number of quaternary nitrogens is 4. The van der Waals surface area contributed by atoms with Crippen molar-refractivity contribution in [3.63, 3.8) is 0 Å². The molecule has 0 aromatic carbocycles. The molecule has 0 aromatic heterocycles. The SMILES string of the molecule is C1#CC[N+]23CC[N+](CCCCCCCC[N+]45CC[N+](C1)(CC4)CC5)(CC2)CC3.[Cl-].[Cl-].[Cl-].[Cl-]. The third-order valence-corrected chi connectivity index (χ3v) is 9.76. The van der Waals surface area contributed by atoms with Crippen LogP contribution in [-0.2, 0) is 0 Å². The predicted octanol–water partition coefficient (Wildman–Crippen LogP) is -10.3. The fourth-order valence-corrected chi connectivity index (χ4v) is 7.08. The lowest BCUT2D eigenvalue weighted by atomic mass is 10.0. The van der Waals surface area contributed by atoms with Gasteiger partial charge in [0.1, 0.15) is 91.6 Å². The van der Waals surface area contributed by atoms with E-state index in [1.807, 2.05) is 0 Å². The molecular formula is C24H44Cl4N4. The van der Waals surface area contributed by atoms with Crippen molar-refractivity contribution in [3.05, 3.63) is 0 Å². The maximum absolute atomic E-state index is 3.70. The van der Waals surface area contributed by atoms with Crippen molar-refractivity contribution in [2.45, 2.75) is 38.5 Å². The van der Waals surface area contributed by atoms with Gasteiger partial charge in [0.25, 0.3) is 0 Å². The first-order valence-corrected chi connectivity index (χ1v) is 12.5. The van der Waals surface area contributed by atoms with E-state index in [1.165, 1.54) is 148 Å². The average molecular weight is 530 g/mol. The highest BCUT2D eigenvalue weighted by atomic mass is 35.5. The Morgan fingerprint density at radius 1 is 0.281 bits per heavy atom. The molecule has 6 saturated heterocycles. The van der Waals surface area contributed by atoms with Crippen LogP contribution in [0.3, 0.4) is 0 Å². The van der Waals surface area contributed by atoms with Gasteiger partial charge in [0.05, 0.1) is 13.1 Å². The molecule has 15 aliphatic rings. The molecule has 0 radical (unpaired) electrons. The lowest BCUT2D eigenvalue weighted by molar-refractivity contribution is -1.08. The Labute approximate surface area is 222 Å². The van der Waals surface area contributed by atoms with E-state index in [4.69, 9.17) is 0 Å². The molecule has 188 valence electrons. The lowest BCUT2D eigenvalue weighted by Gasteiger charge is -2.55. The number of halogens is 4. The van der Waals surface area contributed by atoms with Crippen LogP contribution in [0.2, 0.25) is 0 Å². The van der Waals surface area contributed by atoms with Gasteiger partial charge in [0.15, 0.2) is 0 Å². The first-order chi connectivity index (χ1) is 13.7. The largest absolute Gasteiger partial charge is 1.00 e. The van der Waals surface area contributed by atoms with Crippen LogP contribution in [0.5, 0.6) is 0 Å². The number of nitrogens with zero attached hydrogens (tertiary/aromatic N) is 4. The summed E-state index contributed by atoms with van der Waals surface area (Å²) in [5, 5.41) is 0. The third kappa shape index (κ3) is 6.41. The second-order valence-electron chi connectivity index (χ2n) is 11.3. The monoisotopic (exact) mass is 528 g/mol. The normalized spacial score (nSPS) is 41.0. The van der Waals surface area contributed by atoms with Crippen LogP contribution in [0.25, 0.3) is 0 Å². The van der Waals surface area contributed by atoms with Crippen molar-refractivity contribution in [1.82, 2.24) is 0 Å². The van der Waals surface area contributed by atoms with Gasteiger partial charge in [-0.1, -0.05) is 12.8 Å². The van der Waals surface area contributed by atoms with E-state index < -0.39 is 0 Å². The molecule has 0 saturated carbocycles. The van der Waals surface area contributed by atoms with Crippen LogP contribution in [0.1, 0.15) is 38.5 Å². The number of rotatable bonds is 0. The molecule has 0 atom stereocenters. The van der Waals surface area contributed by atoms with E-state index in [9.17, 15) is 0 Å². The Balaban J connectivity index is 0.00000128. The average Bonchev–Trinajstić information content (AvgIpc) is 2.76. The van der Waals surface area contributed by atoms with Gasteiger partial charge in [-0.25, -0.2) is 0 Å². The third-order valence-electron chi connectivity index (χ3n) is 9.76. The minimum atomic E-state index is 0. The molecule has 15 rings (SSSR count). The molecule has 0 unspecified atom stereocenters. The zero-order valence-electron chi connectivity index (χ0n) is 19.9. The van der Waals surface area contributed by atoms with Gasteiger partial charge in [-0.2, -0.15) is 0 Å². The van der Waals surface area contributed by atoms with E-state index in [1.54, 1.807) is 0 Å². The Bertz CT molecular complexity index is 547. The maximum atomic E-state index is 3.70. The summed E-state index contributed by atoms with van der Waals surface area (Å²) in [4.78, 5) is 0. The summed E-state index contributed by atoms with van der Waals surface area (Å²) in [6, 6.07) is 0. The second kappa shape index (κ2) is 12.5. The van der Waals surface area contributed by atoms with Crippen molar-refractivity contribution in [1.29, 1.82) is 0 Å². The fraction of sp³-hybridized carbons (Fsp3) is 0.917. The van der Waals surface area contributed by atoms with Gasteiger partial charge in [-0.05, 0) is 37.5 Å². The molecule has 32 heavy (non-hydrogen) atoms. The van der Waals surface area contributed by atoms with E-state index in [0.29, 0.717) is 0 Å². The van der Waals surface area contributed by atoms with Crippen molar-refractivity contribution in [2.24, 2.45) is 0 Å². The first kappa shape index (κ1) is 30.6. The Hall–Kier alpha value is 0.560. The quantitative estimate of drug-likeness (QED) is 0.216. The van der Waals surface area contributed by atoms with E-state index >= 15 is 0 Å². The zero-order valence-corrected chi connectivity index (χ0v) is 22.9. The van der Waals surface area contributed by atoms with Crippen molar-refractivity contribution in [2.75, 3.05) is 105 Å². The summed E-state index contributed by atoms with van der Waals surface area (Å²) in [6.07, 6.45) is 8.86. The summed E-state index contributed by atoms with van der Waals surface area (Å²) < 4.78 is 5.56. The van der Waals surface area contributed by atoms with Crippen LogP contribution in [0, 0.1) is 11.8 Å². The predicted molar refractivity (Wildman–Crippen MR) is 114 cm³/mol. The molecule has 0 aliphatic carbocycles. The molecule has 0 amide bonds. The molecule has 4 bridgehead atoms. The van der Waals surface area contributed by atoms with Gasteiger partial charge in [-0.15, -0.1) is 0 Å². The van der Waals surface area contributed by atoms with Gasteiger partial charge >= 0.3 is 0 Å². The summed E-state index contributed by atoms with van der Waals surface area (Å²) in [7, 11) is 0. The van der Waals surface area contributed by atoms with Crippen LogP contribution >= 0.6 is 0 Å². The van der Waals surface area contributed by atoms with Crippen LogP contribution < -0.4 is 49.6 Å². The summed E-state index contributed by atoms with van der Waals surface area (Å²) in [5.41, 5.74) is 0. The van der Waals surface area contributed by atoms with Crippen LogP contribution in [0.4, 0.5) is 0 Å². The van der Waals surface area contributed by atoms with Crippen LogP contribution in [0.15, 0.2) is 0 Å². The molecule has 15 heterocycles. The van der Waals surface area contributed by atoms with Gasteiger partial charge in [0, 0.05) is 0 Å². The minimum absolute atomic E-state index is 0. The summed E-state index contributed by atoms with van der Waals surface area (Å²) in [5.74, 6) is 7.40. The molecule has 0 aromatic rings. The molecular weight excluding hydrogens is 486 g/mol.